The number of hydrogen-bond acceptors (Lipinski definition) is 5. The predicted octanol–water partition coefficient (Wildman–Crippen LogP) is -0.299. The lowest BCUT2D eigenvalue weighted by atomic mass is 10.0. The lowest BCUT2D eigenvalue weighted by Crippen LogP contribution is -2.40. The van der Waals surface area contributed by atoms with Gasteiger partial charge in [-0.05, 0) is 13.3 Å². The second kappa shape index (κ2) is 7.02. The highest BCUT2D eigenvalue weighted by atomic mass is 16.5. The Morgan fingerprint density at radius 1 is 1.52 bits per heavy atom. The number of rotatable bonds is 6. The summed E-state index contributed by atoms with van der Waals surface area (Å²) in [6, 6.07) is -0.257. The smallest absolute Gasteiger partial charge is 0.358 e. The van der Waals surface area contributed by atoms with Gasteiger partial charge in [0.2, 0.25) is 0 Å². The van der Waals surface area contributed by atoms with Crippen LogP contribution in [0.4, 0.5) is 4.79 Å². The number of ether oxygens (including phenoxy) is 1. The van der Waals surface area contributed by atoms with Crippen LogP contribution in [-0.2, 0) is 11.3 Å². The van der Waals surface area contributed by atoms with Crippen LogP contribution in [0.3, 0.4) is 0 Å². The molecule has 1 saturated heterocycles. The molecule has 1 aliphatic rings. The maximum atomic E-state index is 11.6. The summed E-state index contributed by atoms with van der Waals surface area (Å²) in [5, 5.41) is 21.3. The van der Waals surface area contributed by atoms with E-state index < -0.39 is 5.97 Å². The van der Waals surface area contributed by atoms with E-state index in [1.54, 1.807) is 0 Å². The Morgan fingerprint density at radius 3 is 2.95 bits per heavy atom. The average Bonchev–Trinajstić information content (AvgIpc) is 3.06. The van der Waals surface area contributed by atoms with E-state index in [0.717, 1.165) is 13.0 Å². The fourth-order valence-electron chi connectivity index (χ4n) is 2.12. The monoisotopic (exact) mass is 297 g/mol. The Morgan fingerprint density at radius 2 is 2.33 bits per heavy atom. The van der Waals surface area contributed by atoms with Gasteiger partial charge in [0.05, 0.1) is 18.8 Å². The Kier molecular flexibility index (Phi) is 5.09. The molecule has 21 heavy (non-hydrogen) atoms. The first-order chi connectivity index (χ1) is 10.1. The minimum absolute atomic E-state index is 0.116. The van der Waals surface area contributed by atoms with Crippen molar-refractivity contribution in [1.29, 1.82) is 0 Å². The van der Waals surface area contributed by atoms with E-state index in [9.17, 15) is 9.59 Å². The number of hydrogen-bond donors (Lipinski definition) is 3. The molecule has 2 heterocycles. The Labute approximate surface area is 121 Å². The molecule has 2 amide bonds. The van der Waals surface area contributed by atoms with E-state index in [4.69, 9.17) is 9.84 Å². The third kappa shape index (κ3) is 4.42. The molecule has 2 unspecified atom stereocenters. The van der Waals surface area contributed by atoms with Crippen molar-refractivity contribution in [2.45, 2.75) is 26.0 Å². The zero-order valence-corrected chi connectivity index (χ0v) is 11.8. The molecule has 2 atom stereocenters. The van der Waals surface area contributed by atoms with Crippen LogP contribution in [0.5, 0.6) is 0 Å². The van der Waals surface area contributed by atoms with Crippen molar-refractivity contribution in [3.8, 4) is 0 Å². The van der Waals surface area contributed by atoms with Gasteiger partial charge in [0.15, 0.2) is 5.69 Å². The molecule has 1 aliphatic heterocycles. The molecular formula is C12H19N5O4. The zero-order chi connectivity index (χ0) is 15.2. The minimum atomic E-state index is -1.13. The van der Waals surface area contributed by atoms with E-state index >= 15 is 0 Å². The van der Waals surface area contributed by atoms with Crippen molar-refractivity contribution in [2.24, 2.45) is 5.92 Å². The number of carbonyl (C=O) groups is 2. The van der Waals surface area contributed by atoms with E-state index in [-0.39, 0.29) is 17.8 Å². The van der Waals surface area contributed by atoms with Crippen molar-refractivity contribution in [3.05, 3.63) is 11.9 Å². The van der Waals surface area contributed by atoms with Crippen LogP contribution in [0.2, 0.25) is 0 Å². The molecule has 2 rings (SSSR count). The molecule has 0 radical (unpaired) electrons. The van der Waals surface area contributed by atoms with Gasteiger partial charge >= 0.3 is 12.0 Å². The maximum absolute atomic E-state index is 11.6. The van der Waals surface area contributed by atoms with Crippen molar-refractivity contribution < 1.29 is 19.4 Å². The molecule has 0 bridgehead atoms. The standard InChI is InChI=1S/C12H19N5O4/c1-8-9(2-5-21-8)6-14-12(20)13-3-4-17-7-10(11(18)19)15-16-17/h7-9H,2-6H2,1H3,(H,18,19)(H2,13,14,20). The summed E-state index contributed by atoms with van der Waals surface area (Å²) < 4.78 is 6.79. The van der Waals surface area contributed by atoms with Crippen LogP contribution in [0.25, 0.3) is 0 Å². The minimum Gasteiger partial charge on any atom is -0.476 e. The largest absolute Gasteiger partial charge is 0.476 e. The molecular weight excluding hydrogens is 278 g/mol. The van der Waals surface area contributed by atoms with Crippen LogP contribution >= 0.6 is 0 Å². The molecule has 0 spiro atoms. The first-order valence-electron chi connectivity index (χ1n) is 6.83. The van der Waals surface area contributed by atoms with Gasteiger partial charge in [0.1, 0.15) is 0 Å². The van der Waals surface area contributed by atoms with Crippen LogP contribution in [0, 0.1) is 5.92 Å². The highest BCUT2D eigenvalue weighted by Gasteiger charge is 2.24. The second-order valence-electron chi connectivity index (χ2n) is 4.93. The molecule has 3 N–H and O–H groups in total. The van der Waals surface area contributed by atoms with Crippen molar-refractivity contribution in [1.82, 2.24) is 25.6 Å². The van der Waals surface area contributed by atoms with Gasteiger partial charge in [0.25, 0.3) is 0 Å². The van der Waals surface area contributed by atoms with Crippen LogP contribution in [0.15, 0.2) is 6.20 Å². The molecule has 116 valence electrons. The van der Waals surface area contributed by atoms with E-state index in [0.29, 0.717) is 25.6 Å². The van der Waals surface area contributed by atoms with E-state index in [1.807, 2.05) is 6.92 Å². The fraction of sp³-hybridized carbons (Fsp3) is 0.667. The van der Waals surface area contributed by atoms with Crippen molar-refractivity contribution in [2.75, 3.05) is 19.7 Å². The number of carboxylic acids is 1. The summed E-state index contributed by atoms with van der Waals surface area (Å²) >= 11 is 0. The molecule has 1 fully saturated rings. The summed E-state index contributed by atoms with van der Waals surface area (Å²) in [5.74, 6) is -0.774. The average molecular weight is 297 g/mol. The van der Waals surface area contributed by atoms with Gasteiger partial charge in [0, 0.05) is 25.6 Å². The van der Waals surface area contributed by atoms with Crippen LogP contribution in [-0.4, -0.2) is 57.9 Å². The third-order valence-corrected chi connectivity index (χ3v) is 3.44. The third-order valence-electron chi connectivity index (χ3n) is 3.44. The topological polar surface area (TPSA) is 118 Å². The Bertz CT molecular complexity index is 504. The quantitative estimate of drug-likeness (QED) is 0.663. The van der Waals surface area contributed by atoms with Gasteiger partial charge < -0.3 is 20.5 Å². The molecule has 0 aromatic carbocycles. The summed E-state index contributed by atoms with van der Waals surface area (Å²) in [6.07, 6.45) is 2.45. The van der Waals surface area contributed by atoms with E-state index in [2.05, 4.69) is 20.9 Å². The molecule has 1 aromatic rings. The molecule has 0 aliphatic carbocycles. The number of carbonyl (C=O) groups excluding carboxylic acids is 1. The normalized spacial score (nSPS) is 21.2. The molecule has 0 saturated carbocycles. The number of aromatic nitrogens is 3. The highest BCUT2D eigenvalue weighted by molar-refractivity contribution is 5.84. The van der Waals surface area contributed by atoms with Crippen molar-refractivity contribution >= 4 is 12.0 Å². The van der Waals surface area contributed by atoms with Crippen LogP contribution < -0.4 is 10.6 Å². The first-order valence-corrected chi connectivity index (χ1v) is 6.83. The number of urea groups is 1. The van der Waals surface area contributed by atoms with Gasteiger partial charge in [-0.2, -0.15) is 0 Å². The lowest BCUT2D eigenvalue weighted by Gasteiger charge is -2.15. The van der Waals surface area contributed by atoms with Crippen LogP contribution in [0.1, 0.15) is 23.8 Å². The molecule has 9 heteroatoms. The van der Waals surface area contributed by atoms with Crippen molar-refractivity contribution in [3.63, 3.8) is 0 Å². The summed E-state index contributed by atoms with van der Waals surface area (Å²) in [6.45, 7) is 4.02. The van der Waals surface area contributed by atoms with E-state index in [1.165, 1.54) is 10.9 Å². The number of carboxylic acid groups (broad SMARTS) is 1. The summed E-state index contributed by atoms with van der Waals surface area (Å²) in [7, 11) is 0. The Balaban J connectivity index is 1.63. The molecule has 9 nitrogen and oxygen atoms in total. The number of nitrogens with one attached hydrogen (secondary N) is 2. The predicted molar refractivity (Wildman–Crippen MR) is 71.9 cm³/mol. The Hall–Kier alpha value is -2.16. The lowest BCUT2D eigenvalue weighted by molar-refractivity contribution is 0.0690. The van der Waals surface area contributed by atoms with Gasteiger partial charge in [-0.1, -0.05) is 5.21 Å². The zero-order valence-electron chi connectivity index (χ0n) is 11.8. The summed E-state index contributed by atoms with van der Waals surface area (Å²) in [4.78, 5) is 22.2. The first kappa shape index (κ1) is 15.2. The number of amides is 2. The number of nitrogens with zero attached hydrogens (tertiary/aromatic N) is 3. The SMILES string of the molecule is CC1OCCC1CNC(=O)NCCn1cc(C(=O)O)nn1. The number of aromatic carboxylic acids is 1. The maximum Gasteiger partial charge on any atom is 0.358 e. The van der Waals surface area contributed by atoms with Gasteiger partial charge in [-0.25, -0.2) is 14.3 Å². The summed E-state index contributed by atoms with van der Waals surface area (Å²) in [5.41, 5.74) is -0.116. The van der Waals surface area contributed by atoms with Gasteiger partial charge in [-0.3, -0.25) is 0 Å². The highest BCUT2D eigenvalue weighted by Crippen LogP contribution is 2.18. The van der Waals surface area contributed by atoms with Gasteiger partial charge in [-0.15, -0.1) is 5.10 Å². The fourth-order valence-corrected chi connectivity index (χ4v) is 2.12. The second-order valence-corrected chi connectivity index (χ2v) is 4.93. The molecule has 1 aromatic heterocycles.